The molecule has 3 aromatic rings. The number of rotatable bonds is 8. The molecule has 0 unspecified atom stereocenters. The molecule has 18 nitrogen and oxygen atoms in total. The average molecular weight is 775 g/mol. The van der Waals surface area contributed by atoms with Crippen LogP contribution in [-0.4, -0.2) is 85.8 Å². The fourth-order valence-corrected chi connectivity index (χ4v) is 9.23. The Morgan fingerprint density at radius 1 is 1.28 bits per heavy atom. The molecule has 0 aromatic carbocycles. The van der Waals surface area contributed by atoms with E-state index in [1.807, 2.05) is 6.07 Å². The van der Waals surface area contributed by atoms with Crippen molar-refractivity contribution in [1.29, 1.82) is 5.26 Å². The Labute approximate surface area is 294 Å². The summed E-state index contributed by atoms with van der Waals surface area (Å²) in [7, 11) is 0. The summed E-state index contributed by atoms with van der Waals surface area (Å²) < 4.78 is 72.6. The number of nitrogens with one attached hydrogen (secondary N) is 2. The van der Waals surface area contributed by atoms with Gasteiger partial charge in [0.2, 0.25) is 17.7 Å². The SMILES string of the molecule is CC(C)C(=O)Nc1nc2c(ncn2[C@@H]2O[C@@H]3CO[P@](=O)(S)O[C@H]4C[C@H](Oc5ccncn5)C[C@@H]4CO[P@@](=S)(OCCC#N)O[C@@H]2[C@@H]3F)c(=O)[nH]1. The van der Waals surface area contributed by atoms with Gasteiger partial charge in [-0.1, -0.05) is 26.1 Å². The number of nitriles is 1. The van der Waals surface area contributed by atoms with Crippen molar-refractivity contribution in [3.05, 3.63) is 35.3 Å². The molecule has 5 heterocycles. The van der Waals surface area contributed by atoms with Gasteiger partial charge in [-0.25, -0.2) is 23.9 Å². The van der Waals surface area contributed by atoms with Crippen molar-refractivity contribution in [2.45, 2.75) is 69.9 Å². The van der Waals surface area contributed by atoms with Crippen LogP contribution in [0.2, 0.25) is 0 Å². The minimum absolute atomic E-state index is 0.0677. The quantitative estimate of drug-likeness (QED) is 0.169. The second-order valence-electron chi connectivity index (χ2n) is 11.9. The van der Waals surface area contributed by atoms with Crippen molar-refractivity contribution in [2.75, 3.05) is 25.1 Å². The van der Waals surface area contributed by atoms with E-state index >= 15 is 4.39 Å². The van der Waals surface area contributed by atoms with E-state index in [0.29, 0.717) is 12.3 Å². The highest BCUT2D eigenvalue weighted by atomic mass is 32.7. The lowest BCUT2D eigenvalue weighted by atomic mass is 10.1. The van der Waals surface area contributed by atoms with Gasteiger partial charge in [0.15, 0.2) is 23.6 Å². The number of alkyl halides is 1. The first kappa shape index (κ1) is 36.9. The van der Waals surface area contributed by atoms with E-state index in [0.717, 1.165) is 0 Å². The van der Waals surface area contributed by atoms with E-state index in [9.17, 15) is 14.2 Å². The molecule has 3 aromatic heterocycles. The van der Waals surface area contributed by atoms with Crippen LogP contribution in [0.15, 0.2) is 29.7 Å². The van der Waals surface area contributed by atoms with Gasteiger partial charge in [-0.2, -0.15) is 10.2 Å². The fourth-order valence-electron chi connectivity index (χ4n) is 5.56. The Morgan fingerprint density at radius 3 is 2.84 bits per heavy atom. The van der Waals surface area contributed by atoms with Crippen LogP contribution in [0.1, 0.15) is 39.3 Å². The molecule has 9 atom stereocenters. The zero-order valence-electron chi connectivity index (χ0n) is 26.6. The zero-order chi connectivity index (χ0) is 35.6. The highest BCUT2D eigenvalue weighted by Crippen LogP contribution is 2.59. The number of ether oxygens (including phenoxy) is 2. The van der Waals surface area contributed by atoms with Crippen molar-refractivity contribution >= 4 is 60.6 Å². The molecular formula is C27H33FN8O10P2S2. The number of thiol groups is 1. The van der Waals surface area contributed by atoms with Crippen LogP contribution in [0.3, 0.4) is 0 Å². The number of hydrogen-bond donors (Lipinski definition) is 3. The van der Waals surface area contributed by atoms with Gasteiger partial charge >= 0.3 is 13.5 Å². The van der Waals surface area contributed by atoms with E-state index < -0.39 is 80.2 Å². The van der Waals surface area contributed by atoms with Crippen molar-refractivity contribution in [2.24, 2.45) is 11.8 Å². The third-order valence-electron chi connectivity index (χ3n) is 8.00. The molecule has 3 aliphatic rings. The second kappa shape index (κ2) is 15.4. The number of fused-ring (bicyclic) bond motifs is 4. The van der Waals surface area contributed by atoms with Crippen LogP contribution in [0.4, 0.5) is 10.3 Å². The Balaban J connectivity index is 1.32. The van der Waals surface area contributed by atoms with Gasteiger partial charge in [0, 0.05) is 30.5 Å². The topological polar surface area (TPSA) is 224 Å². The number of aromatic nitrogens is 6. The summed E-state index contributed by atoms with van der Waals surface area (Å²) in [5.74, 6) is -1.18. The average Bonchev–Trinajstić information content (AvgIpc) is 3.74. The molecule has 1 saturated carbocycles. The van der Waals surface area contributed by atoms with Crippen molar-refractivity contribution in [3.8, 4) is 11.9 Å². The summed E-state index contributed by atoms with van der Waals surface area (Å²) in [6.45, 7) is -5.62. The lowest BCUT2D eigenvalue weighted by Crippen LogP contribution is -2.32. The highest BCUT2D eigenvalue weighted by molar-refractivity contribution is 8.44. The minimum Gasteiger partial charge on any atom is -0.474 e. The Morgan fingerprint density at radius 2 is 2.10 bits per heavy atom. The van der Waals surface area contributed by atoms with E-state index in [4.69, 9.17) is 49.2 Å². The van der Waals surface area contributed by atoms with Crippen LogP contribution in [0, 0.1) is 23.2 Å². The molecule has 3 fully saturated rings. The summed E-state index contributed by atoms with van der Waals surface area (Å²) in [6, 6.07) is 3.54. The van der Waals surface area contributed by atoms with Gasteiger partial charge in [0.1, 0.15) is 24.6 Å². The summed E-state index contributed by atoms with van der Waals surface area (Å²) in [5.41, 5.74) is -0.899. The molecule has 6 rings (SSSR count). The maximum absolute atomic E-state index is 16.4. The highest BCUT2D eigenvalue weighted by Gasteiger charge is 2.52. The number of nitrogens with zero attached hydrogens (tertiary/aromatic N) is 6. The third kappa shape index (κ3) is 8.42. The van der Waals surface area contributed by atoms with Crippen LogP contribution in [0.5, 0.6) is 5.88 Å². The summed E-state index contributed by atoms with van der Waals surface area (Å²) in [5, 5.41) is 11.7. The molecule has 2 N–H and O–H groups in total. The van der Waals surface area contributed by atoms with E-state index in [1.165, 1.54) is 23.4 Å². The number of amides is 1. The first-order valence-electron chi connectivity index (χ1n) is 15.4. The lowest BCUT2D eigenvalue weighted by molar-refractivity contribution is -0.118. The van der Waals surface area contributed by atoms with Crippen LogP contribution in [-0.2, 0) is 48.5 Å². The molecule has 23 heteroatoms. The first-order chi connectivity index (χ1) is 23.8. The van der Waals surface area contributed by atoms with Gasteiger partial charge in [0.25, 0.3) is 5.56 Å². The molecule has 1 amide bonds. The number of H-pyrrole nitrogens is 1. The third-order valence-corrected chi connectivity index (χ3v) is 12.0. The van der Waals surface area contributed by atoms with Crippen LogP contribution >= 0.6 is 25.8 Å². The zero-order valence-corrected chi connectivity index (χ0v) is 30.1. The number of carbonyl (C=O) groups excluding carboxylic acids is 1. The molecule has 50 heavy (non-hydrogen) atoms. The normalized spacial score (nSPS) is 33.2. The number of hydrogen-bond acceptors (Lipinski definition) is 16. The first-order valence-corrected chi connectivity index (χ1v) is 20.7. The van der Waals surface area contributed by atoms with Crippen LogP contribution in [0.25, 0.3) is 11.2 Å². The number of halogens is 1. The van der Waals surface area contributed by atoms with E-state index in [2.05, 4.69) is 42.5 Å². The maximum Gasteiger partial charge on any atom is 0.386 e. The Kier molecular flexibility index (Phi) is 11.3. The molecule has 0 spiro atoms. The lowest BCUT2D eigenvalue weighted by Gasteiger charge is -2.30. The monoisotopic (exact) mass is 774 g/mol. The molecule has 2 aliphatic heterocycles. The van der Waals surface area contributed by atoms with Gasteiger partial charge < -0.3 is 18.5 Å². The molecule has 270 valence electrons. The van der Waals surface area contributed by atoms with Gasteiger partial charge in [0.05, 0.1) is 44.7 Å². The Hall–Kier alpha value is -2.89. The maximum atomic E-state index is 16.4. The summed E-state index contributed by atoms with van der Waals surface area (Å²) in [4.78, 5) is 44.1. The van der Waals surface area contributed by atoms with Crippen molar-refractivity contribution in [3.63, 3.8) is 0 Å². The summed E-state index contributed by atoms with van der Waals surface area (Å²) >= 11 is 9.91. The minimum atomic E-state index is -4.13. The second-order valence-corrected chi connectivity index (χ2v) is 17.7. The number of anilines is 1. The van der Waals surface area contributed by atoms with Crippen molar-refractivity contribution in [1.82, 2.24) is 29.5 Å². The van der Waals surface area contributed by atoms with Gasteiger partial charge in [-0.05, 0) is 18.2 Å². The number of carbonyl (C=O) groups is 1. The van der Waals surface area contributed by atoms with E-state index in [1.54, 1.807) is 19.9 Å². The standard InChI is InChI=1S/C27H33FN8O10P2S2/c1-14(2)24(37)34-27-33-23-21(25(38)35-27)32-13-36(23)26-22-20(28)18(44-26)11-41-47(39,49)45-17-9-16(43-19-4-6-30-12-31-19)8-15(17)10-42-48(50,46-22)40-7-3-5-29/h4,6,12-18,20,22,26H,3,7-11H2,1-2H3,(H,39,49)(H2,33,34,35,37,38)/t15-,16-,17+,18-,20-,22-,26-,47+,48+/m1/s1. The van der Waals surface area contributed by atoms with Gasteiger partial charge in [-0.3, -0.25) is 38.0 Å². The molecule has 2 saturated heterocycles. The largest absolute Gasteiger partial charge is 0.474 e. The smallest absolute Gasteiger partial charge is 0.386 e. The predicted octanol–water partition coefficient (Wildman–Crippen LogP) is 3.61. The molecule has 1 aliphatic carbocycles. The molecule has 2 bridgehead atoms. The number of imidazole rings is 1. The summed E-state index contributed by atoms with van der Waals surface area (Å²) in [6.07, 6.45) is -3.01. The fraction of sp³-hybridized carbons (Fsp3) is 0.593. The predicted molar refractivity (Wildman–Crippen MR) is 178 cm³/mol. The number of aromatic amines is 1. The molecule has 0 radical (unpaired) electrons. The van der Waals surface area contributed by atoms with Crippen molar-refractivity contribution < 1.29 is 45.8 Å². The van der Waals surface area contributed by atoms with Crippen LogP contribution < -0.4 is 15.6 Å². The molecular weight excluding hydrogens is 741 g/mol. The Bertz CT molecular complexity index is 1900. The van der Waals surface area contributed by atoms with E-state index in [-0.39, 0.29) is 43.2 Å². The van der Waals surface area contributed by atoms with Gasteiger partial charge in [-0.15, -0.1) is 0 Å².